The van der Waals surface area contributed by atoms with Gasteiger partial charge in [-0.05, 0) is 32.7 Å². The first-order valence-corrected chi connectivity index (χ1v) is 4.59. The molecule has 0 aromatic heterocycles. The minimum atomic E-state index is 0.295. The summed E-state index contributed by atoms with van der Waals surface area (Å²) in [6, 6.07) is 0. The van der Waals surface area contributed by atoms with Gasteiger partial charge in [0.15, 0.2) is 0 Å². The van der Waals surface area contributed by atoms with E-state index in [2.05, 4.69) is 18.7 Å². The zero-order valence-corrected chi connectivity index (χ0v) is 7.64. The molecule has 66 valence electrons. The molecular formula is C9H19NO. The third-order valence-electron chi connectivity index (χ3n) is 2.95. The Bertz CT molecular complexity index is 121. The molecule has 0 spiro atoms. The summed E-state index contributed by atoms with van der Waals surface area (Å²) in [6.45, 7) is 6.67. The van der Waals surface area contributed by atoms with E-state index in [4.69, 9.17) is 5.11 Å². The Balaban J connectivity index is 2.39. The van der Waals surface area contributed by atoms with E-state index in [0.29, 0.717) is 12.1 Å². The van der Waals surface area contributed by atoms with E-state index in [0.717, 1.165) is 13.1 Å². The van der Waals surface area contributed by atoms with Crippen molar-refractivity contribution < 1.29 is 5.11 Å². The Morgan fingerprint density at radius 2 is 2.09 bits per heavy atom. The maximum Gasteiger partial charge on any atom is 0.0558 e. The van der Waals surface area contributed by atoms with Crippen molar-refractivity contribution in [1.82, 2.24) is 4.90 Å². The Morgan fingerprint density at radius 3 is 2.36 bits per heavy atom. The fourth-order valence-electron chi connectivity index (χ4n) is 1.94. The van der Waals surface area contributed by atoms with Crippen LogP contribution in [0.3, 0.4) is 0 Å². The second kappa shape index (κ2) is 3.55. The molecule has 2 nitrogen and oxygen atoms in total. The first-order valence-electron chi connectivity index (χ1n) is 4.59. The zero-order chi connectivity index (χ0) is 8.32. The highest BCUT2D eigenvalue weighted by Crippen LogP contribution is 2.36. The molecule has 1 aliphatic rings. The predicted molar refractivity (Wildman–Crippen MR) is 46.6 cm³/mol. The molecule has 0 radical (unpaired) electrons. The molecule has 0 aliphatic heterocycles. The van der Waals surface area contributed by atoms with Crippen LogP contribution in [0.1, 0.15) is 33.1 Å². The molecule has 0 atom stereocenters. The van der Waals surface area contributed by atoms with Crippen molar-refractivity contribution in [1.29, 1.82) is 0 Å². The van der Waals surface area contributed by atoms with Gasteiger partial charge in [-0.25, -0.2) is 0 Å². The third kappa shape index (κ3) is 1.74. The lowest BCUT2D eigenvalue weighted by molar-refractivity contribution is 0.0239. The number of nitrogens with zero attached hydrogens (tertiary/aromatic N) is 1. The van der Waals surface area contributed by atoms with Crippen molar-refractivity contribution in [2.75, 3.05) is 19.7 Å². The summed E-state index contributed by atoms with van der Waals surface area (Å²) in [7, 11) is 0. The van der Waals surface area contributed by atoms with Crippen molar-refractivity contribution in [2.24, 2.45) is 0 Å². The molecule has 0 aromatic rings. The quantitative estimate of drug-likeness (QED) is 0.663. The third-order valence-corrected chi connectivity index (χ3v) is 2.95. The number of hydrogen-bond acceptors (Lipinski definition) is 2. The van der Waals surface area contributed by atoms with Crippen molar-refractivity contribution in [2.45, 2.75) is 38.6 Å². The number of hydrogen-bond donors (Lipinski definition) is 1. The van der Waals surface area contributed by atoms with E-state index in [1.54, 1.807) is 0 Å². The van der Waals surface area contributed by atoms with E-state index < -0.39 is 0 Å². The molecule has 0 heterocycles. The molecule has 0 amide bonds. The Labute approximate surface area is 69.2 Å². The van der Waals surface area contributed by atoms with Gasteiger partial charge in [0.2, 0.25) is 0 Å². The van der Waals surface area contributed by atoms with Gasteiger partial charge in [-0.3, -0.25) is 4.90 Å². The molecule has 0 saturated heterocycles. The Hall–Kier alpha value is -0.0800. The smallest absolute Gasteiger partial charge is 0.0558 e. The summed E-state index contributed by atoms with van der Waals surface area (Å²) in [4.78, 5) is 2.39. The first kappa shape index (κ1) is 9.01. The van der Waals surface area contributed by atoms with E-state index in [9.17, 15) is 0 Å². The van der Waals surface area contributed by atoms with E-state index in [1.165, 1.54) is 19.3 Å². The van der Waals surface area contributed by atoms with Gasteiger partial charge in [-0.2, -0.15) is 0 Å². The molecule has 0 aromatic carbocycles. The van der Waals surface area contributed by atoms with Crippen molar-refractivity contribution in [3.05, 3.63) is 0 Å². The summed E-state index contributed by atoms with van der Waals surface area (Å²) in [5, 5.41) is 8.81. The lowest BCUT2D eigenvalue weighted by Crippen LogP contribution is -2.52. The topological polar surface area (TPSA) is 23.5 Å². The van der Waals surface area contributed by atoms with Gasteiger partial charge in [0.25, 0.3) is 0 Å². The largest absolute Gasteiger partial charge is 0.395 e. The molecule has 1 saturated carbocycles. The fraction of sp³-hybridized carbons (Fsp3) is 1.00. The van der Waals surface area contributed by atoms with Gasteiger partial charge in [0.05, 0.1) is 6.61 Å². The summed E-state index contributed by atoms with van der Waals surface area (Å²) in [5.41, 5.74) is 0.414. The standard InChI is InChI=1S/C9H19NO/c1-3-10(7-8-11)9(2)5-4-6-9/h11H,3-8H2,1-2H3. The van der Waals surface area contributed by atoms with Crippen LogP contribution < -0.4 is 0 Å². The second-order valence-corrected chi connectivity index (χ2v) is 3.65. The number of rotatable bonds is 4. The van der Waals surface area contributed by atoms with Crippen molar-refractivity contribution in [3.8, 4) is 0 Å². The molecule has 11 heavy (non-hydrogen) atoms. The monoisotopic (exact) mass is 157 g/mol. The lowest BCUT2D eigenvalue weighted by Gasteiger charge is -2.47. The first-order chi connectivity index (χ1) is 5.23. The second-order valence-electron chi connectivity index (χ2n) is 3.65. The van der Waals surface area contributed by atoms with Gasteiger partial charge in [-0.1, -0.05) is 6.92 Å². The normalized spacial score (nSPS) is 21.8. The average molecular weight is 157 g/mol. The van der Waals surface area contributed by atoms with Crippen molar-refractivity contribution in [3.63, 3.8) is 0 Å². The van der Waals surface area contributed by atoms with Gasteiger partial charge in [0, 0.05) is 12.1 Å². The minimum Gasteiger partial charge on any atom is -0.395 e. The SMILES string of the molecule is CCN(CCO)C1(C)CCC1. The van der Waals surface area contributed by atoms with Gasteiger partial charge in [0.1, 0.15) is 0 Å². The number of β-amino-alcohol motifs (C(OH)–C–C–N with tert-alkyl or cyclic N) is 1. The van der Waals surface area contributed by atoms with Crippen LogP contribution in [0, 0.1) is 0 Å². The van der Waals surface area contributed by atoms with Crippen LogP contribution in [-0.2, 0) is 0 Å². The Morgan fingerprint density at radius 1 is 1.45 bits per heavy atom. The highest BCUT2D eigenvalue weighted by Gasteiger charge is 2.36. The summed E-state index contributed by atoms with van der Waals surface area (Å²) in [6.07, 6.45) is 3.97. The molecule has 1 aliphatic carbocycles. The van der Waals surface area contributed by atoms with E-state index in [1.807, 2.05) is 0 Å². The van der Waals surface area contributed by atoms with Crippen LogP contribution in [0.2, 0.25) is 0 Å². The van der Waals surface area contributed by atoms with Crippen molar-refractivity contribution >= 4 is 0 Å². The van der Waals surface area contributed by atoms with E-state index in [-0.39, 0.29) is 0 Å². The van der Waals surface area contributed by atoms with Crippen LogP contribution >= 0.6 is 0 Å². The van der Waals surface area contributed by atoms with Crippen LogP contribution in [0.25, 0.3) is 0 Å². The predicted octanol–water partition coefficient (Wildman–Crippen LogP) is 1.24. The molecule has 0 unspecified atom stereocenters. The minimum absolute atomic E-state index is 0.295. The maximum atomic E-state index is 8.81. The van der Waals surface area contributed by atoms with E-state index >= 15 is 0 Å². The molecule has 1 rings (SSSR count). The molecule has 2 heteroatoms. The molecule has 1 fully saturated rings. The summed E-state index contributed by atoms with van der Waals surface area (Å²) >= 11 is 0. The average Bonchev–Trinajstić information content (AvgIpc) is 1.96. The number of likely N-dealkylation sites (N-methyl/N-ethyl adjacent to an activating group) is 1. The lowest BCUT2D eigenvalue weighted by atomic mass is 9.77. The maximum absolute atomic E-state index is 8.81. The van der Waals surface area contributed by atoms with Gasteiger partial charge in [-0.15, -0.1) is 0 Å². The summed E-state index contributed by atoms with van der Waals surface area (Å²) < 4.78 is 0. The fourth-order valence-corrected chi connectivity index (χ4v) is 1.94. The van der Waals surface area contributed by atoms with Gasteiger partial charge < -0.3 is 5.11 Å². The summed E-state index contributed by atoms with van der Waals surface area (Å²) in [5.74, 6) is 0. The highest BCUT2D eigenvalue weighted by atomic mass is 16.3. The zero-order valence-electron chi connectivity index (χ0n) is 7.64. The number of aliphatic hydroxyl groups is 1. The molecule has 0 bridgehead atoms. The van der Waals surface area contributed by atoms with Gasteiger partial charge >= 0.3 is 0 Å². The number of aliphatic hydroxyl groups excluding tert-OH is 1. The molecule has 1 N–H and O–H groups in total. The van der Waals surface area contributed by atoms with Crippen LogP contribution in [0.4, 0.5) is 0 Å². The van der Waals surface area contributed by atoms with Crippen LogP contribution in [0.5, 0.6) is 0 Å². The van der Waals surface area contributed by atoms with Crippen LogP contribution in [-0.4, -0.2) is 35.2 Å². The Kier molecular flexibility index (Phi) is 2.90. The molecular weight excluding hydrogens is 138 g/mol. The highest BCUT2D eigenvalue weighted by molar-refractivity contribution is 4.93. The van der Waals surface area contributed by atoms with Crippen LogP contribution in [0.15, 0.2) is 0 Å².